The molecular weight excluding hydrogens is 280 g/mol. The maximum Gasteiger partial charge on any atom is 0.332 e. The highest BCUT2D eigenvalue weighted by molar-refractivity contribution is 5.74. The Kier molecular flexibility index (Phi) is 4.83. The highest BCUT2D eigenvalue weighted by Crippen LogP contribution is 2.32. The Morgan fingerprint density at radius 1 is 1.24 bits per heavy atom. The minimum absolute atomic E-state index is 0.0488. The van der Waals surface area contributed by atoms with Crippen molar-refractivity contribution in [2.75, 3.05) is 13.3 Å². The topological polar surface area (TPSA) is 117 Å². The minimum Gasteiger partial charge on any atom is -0.479 e. The van der Waals surface area contributed by atoms with Crippen LogP contribution in [-0.2, 0) is 11.3 Å². The molecule has 0 radical (unpaired) electrons. The van der Waals surface area contributed by atoms with Gasteiger partial charge in [-0.15, -0.1) is 0 Å². The van der Waals surface area contributed by atoms with Crippen molar-refractivity contribution in [3.05, 3.63) is 23.8 Å². The number of hydrogen-bond acceptors (Lipinski definition) is 5. The molecule has 1 heterocycles. The first-order valence-electron chi connectivity index (χ1n) is 6.37. The number of aliphatic hydroxyl groups is 1. The SMILES string of the molecule is O=C(NCCC(O)C(=O)O)NCc1ccc2c(c1)OCO2. The van der Waals surface area contributed by atoms with E-state index < -0.39 is 18.1 Å². The van der Waals surface area contributed by atoms with Crippen LogP contribution in [-0.4, -0.2) is 41.7 Å². The van der Waals surface area contributed by atoms with Gasteiger partial charge in [0.15, 0.2) is 17.6 Å². The minimum atomic E-state index is -1.47. The molecule has 0 saturated carbocycles. The van der Waals surface area contributed by atoms with Gasteiger partial charge in [-0.1, -0.05) is 6.07 Å². The molecule has 2 amide bonds. The van der Waals surface area contributed by atoms with E-state index in [1.165, 1.54) is 0 Å². The highest BCUT2D eigenvalue weighted by Gasteiger charge is 2.14. The zero-order valence-corrected chi connectivity index (χ0v) is 11.2. The predicted octanol–water partition coefficient (Wildman–Crippen LogP) is 0.0501. The molecule has 4 N–H and O–H groups in total. The second-order valence-electron chi connectivity index (χ2n) is 4.44. The van der Waals surface area contributed by atoms with Gasteiger partial charge in [0.25, 0.3) is 0 Å². The summed E-state index contributed by atoms with van der Waals surface area (Å²) in [5.41, 5.74) is 0.847. The standard InChI is InChI=1S/C13H16N2O6/c16-9(12(17)18)3-4-14-13(19)15-6-8-1-2-10-11(5-8)21-7-20-10/h1-2,5,9,16H,3-4,6-7H2,(H,17,18)(H2,14,15,19). The summed E-state index contributed by atoms with van der Waals surface area (Å²) in [7, 11) is 0. The van der Waals surface area contributed by atoms with Crippen molar-refractivity contribution in [3.63, 3.8) is 0 Å². The second-order valence-corrected chi connectivity index (χ2v) is 4.44. The summed E-state index contributed by atoms with van der Waals surface area (Å²) in [6.45, 7) is 0.559. The van der Waals surface area contributed by atoms with E-state index >= 15 is 0 Å². The van der Waals surface area contributed by atoms with Crippen LogP contribution in [0.1, 0.15) is 12.0 Å². The number of fused-ring (bicyclic) bond motifs is 1. The van der Waals surface area contributed by atoms with Crippen LogP contribution in [0.25, 0.3) is 0 Å². The number of aliphatic carboxylic acids is 1. The van der Waals surface area contributed by atoms with E-state index in [9.17, 15) is 9.59 Å². The summed E-state index contributed by atoms with van der Waals surface area (Å²) in [6, 6.07) is 4.91. The number of urea groups is 1. The monoisotopic (exact) mass is 296 g/mol. The summed E-state index contributed by atoms with van der Waals surface area (Å²) in [6.07, 6.45) is -1.52. The second kappa shape index (κ2) is 6.80. The lowest BCUT2D eigenvalue weighted by molar-refractivity contribution is -0.146. The van der Waals surface area contributed by atoms with Gasteiger partial charge in [0.2, 0.25) is 6.79 Å². The van der Waals surface area contributed by atoms with E-state index in [4.69, 9.17) is 19.7 Å². The van der Waals surface area contributed by atoms with Gasteiger partial charge in [-0.2, -0.15) is 0 Å². The zero-order valence-electron chi connectivity index (χ0n) is 11.2. The van der Waals surface area contributed by atoms with Crippen LogP contribution in [0.4, 0.5) is 4.79 Å². The first-order chi connectivity index (χ1) is 10.1. The quantitative estimate of drug-likeness (QED) is 0.589. The molecule has 0 bridgehead atoms. The lowest BCUT2D eigenvalue weighted by Crippen LogP contribution is -2.37. The summed E-state index contributed by atoms with van der Waals surface area (Å²) in [5, 5.41) is 22.6. The number of amides is 2. The normalized spacial score (nSPS) is 13.6. The summed E-state index contributed by atoms with van der Waals surface area (Å²) < 4.78 is 10.4. The molecule has 8 nitrogen and oxygen atoms in total. The highest BCUT2D eigenvalue weighted by atomic mass is 16.7. The van der Waals surface area contributed by atoms with Crippen molar-refractivity contribution < 1.29 is 29.3 Å². The van der Waals surface area contributed by atoms with Gasteiger partial charge in [0.1, 0.15) is 0 Å². The van der Waals surface area contributed by atoms with E-state index in [1.807, 2.05) is 6.07 Å². The van der Waals surface area contributed by atoms with Crippen molar-refractivity contribution in [2.45, 2.75) is 19.1 Å². The summed E-state index contributed by atoms with van der Waals surface area (Å²) in [4.78, 5) is 21.9. The van der Waals surface area contributed by atoms with Gasteiger partial charge < -0.3 is 30.3 Å². The maximum atomic E-state index is 11.5. The third-order valence-corrected chi connectivity index (χ3v) is 2.88. The number of benzene rings is 1. The number of ether oxygens (including phenoxy) is 2. The Morgan fingerprint density at radius 2 is 2.00 bits per heavy atom. The van der Waals surface area contributed by atoms with Crippen LogP contribution in [0.15, 0.2) is 18.2 Å². The van der Waals surface area contributed by atoms with E-state index in [1.54, 1.807) is 12.1 Å². The van der Waals surface area contributed by atoms with Crippen molar-refractivity contribution >= 4 is 12.0 Å². The number of carbonyl (C=O) groups is 2. The molecule has 114 valence electrons. The Balaban J connectivity index is 1.70. The molecule has 1 unspecified atom stereocenters. The molecule has 0 fully saturated rings. The molecule has 2 rings (SSSR count). The smallest absolute Gasteiger partial charge is 0.332 e. The average molecular weight is 296 g/mol. The fraction of sp³-hybridized carbons (Fsp3) is 0.385. The molecule has 1 aromatic rings. The van der Waals surface area contributed by atoms with Gasteiger partial charge in [-0.25, -0.2) is 9.59 Å². The number of carboxylic acids is 1. The average Bonchev–Trinajstić information content (AvgIpc) is 2.92. The molecule has 0 aliphatic carbocycles. The molecule has 0 spiro atoms. The lowest BCUT2D eigenvalue weighted by Gasteiger charge is -2.09. The number of rotatable bonds is 6. The number of aliphatic hydroxyl groups excluding tert-OH is 1. The first-order valence-corrected chi connectivity index (χ1v) is 6.37. The molecule has 1 atom stereocenters. The van der Waals surface area contributed by atoms with Crippen molar-refractivity contribution in [1.29, 1.82) is 0 Å². The fourth-order valence-electron chi connectivity index (χ4n) is 1.74. The molecule has 0 aromatic heterocycles. The summed E-state index contributed by atoms with van der Waals surface area (Å²) in [5.74, 6) is 0.00252. The third kappa shape index (κ3) is 4.25. The van der Waals surface area contributed by atoms with Gasteiger partial charge in [-0.05, 0) is 17.7 Å². The van der Waals surface area contributed by atoms with Crippen molar-refractivity contribution in [3.8, 4) is 11.5 Å². The Labute approximate surface area is 120 Å². The molecule has 8 heteroatoms. The van der Waals surface area contributed by atoms with Crippen molar-refractivity contribution in [1.82, 2.24) is 10.6 Å². The van der Waals surface area contributed by atoms with Crippen molar-refractivity contribution in [2.24, 2.45) is 0 Å². The van der Waals surface area contributed by atoms with Gasteiger partial charge in [-0.3, -0.25) is 0 Å². The van der Waals surface area contributed by atoms with Gasteiger partial charge in [0.05, 0.1) is 0 Å². The van der Waals surface area contributed by atoms with Gasteiger partial charge in [0, 0.05) is 19.5 Å². The third-order valence-electron chi connectivity index (χ3n) is 2.88. The number of nitrogens with one attached hydrogen (secondary N) is 2. The number of hydrogen-bond donors (Lipinski definition) is 4. The van der Waals surface area contributed by atoms with Crippen LogP contribution in [0.2, 0.25) is 0 Å². The van der Waals surface area contributed by atoms with Crippen LogP contribution in [0, 0.1) is 0 Å². The molecule has 0 saturated heterocycles. The van der Waals surface area contributed by atoms with Crippen LogP contribution >= 0.6 is 0 Å². The number of carboxylic acid groups (broad SMARTS) is 1. The fourth-order valence-corrected chi connectivity index (χ4v) is 1.74. The Hall–Kier alpha value is -2.48. The summed E-state index contributed by atoms with van der Waals surface area (Å²) >= 11 is 0. The van der Waals surface area contributed by atoms with E-state index in [0.717, 1.165) is 5.56 Å². The lowest BCUT2D eigenvalue weighted by atomic mass is 10.2. The van der Waals surface area contributed by atoms with Gasteiger partial charge >= 0.3 is 12.0 Å². The first kappa shape index (κ1) is 14.9. The zero-order chi connectivity index (χ0) is 15.2. The largest absolute Gasteiger partial charge is 0.479 e. The molecule has 1 aliphatic heterocycles. The molecule has 21 heavy (non-hydrogen) atoms. The van der Waals surface area contributed by atoms with E-state index in [2.05, 4.69) is 10.6 Å². The molecular formula is C13H16N2O6. The van der Waals surface area contributed by atoms with E-state index in [0.29, 0.717) is 18.0 Å². The number of carbonyl (C=O) groups excluding carboxylic acids is 1. The van der Waals surface area contributed by atoms with Crippen LogP contribution in [0.5, 0.6) is 11.5 Å². The molecule has 1 aliphatic rings. The van der Waals surface area contributed by atoms with E-state index in [-0.39, 0.29) is 19.8 Å². The maximum absolute atomic E-state index is 11.5. The van der Waals surface area contributed by atoms with Crippen LogP contribution < -0.4 is 20.1 Å². The molecule has 1 aromatic carbocycles. The Morgan fingerprint density at radius 3 is 2.76 bits per heavy atom. The van der Waals surface area contributed by atoms with Crippen LogP contribution in [0.3, 0.4) is 0 Å². The predicted molar refractivity (Wildman–Crippen MR) is 71.1 cm³/mol. The Bertz CT molecular complexity index is 533.